The van der Waals surface area contributed by atoms with Crippen molar-refractivity contribution in [3.63, 3.8) is 0 Å². The van der Waals surface area contributed by atoms with Gasteiger partial charge in [-0.15, -0.1) is 0 Å². The predicted molar refractivity (Wildman–Crippen MR) is 134 cm³/mol. The first-order valence-corrected chi connectivity index (χ1v) is 13.2. The van der Waals surface area contributed by atoms with Gasteiger partial charge in [0.15, 0.2) is 0 Å². The highest BCUT2D eigenvalue weighted by Gasteiger charge is 2.25. The number of hydrogen-bond acceptors (Lipinski definition) is 6. The number of sulfonamides is 1. The van der Waals surface area contributed by atoms with Crippen LogP contribution >= 0.6 is 0 Å². The van der Waals surface area contributed by atoms with Crippen molar-refractivity contribution in [2.24, 2.45) is 10.9 Å². The first-order chi connectivity index (χ1) is 16.2. The summed E-state index contributed by atoms with van der Waals surface area (Å²) in [6.07, 6.45) is 10.0. The van der Waals surface area contributed by atoms with E-state index in [1.807, 2.05) is 37.3 Å². The van der Waals surface area contributed by atoms with Crippen LogP contribution in [0.1, 0.15) is 24.0 Å². The summed E-state index contributed by atoms with van der Waals surface area (Å²) in [5.74, 6) is 0.722. The van der Waals surface area contributed by atoms with Gasteiger partial charge in [0.1, 0.15) is 24.6 Å². The second-order valence-corrected chi connectivity index (χ2v) is 10.6. The molecule has 1 aromatic carbocycles. The van der Waals surface area contributed by atoms with E-state index in [4.69, 9.17) is 5.73 Å². The van der Waals surface area contributed by atoms with Crippen molar-refractivity contribution in [1.82, 2.24) is 14.5 Å². The van der Waals surface area contributed by atoms with Crippen LogP contribution in [0.25, 0.3) is 0 Å². The monoisotopic (exact) mass is 483 g/mol. The maximum atomic E-state index is 12.0. The van der Waals surface area contributed by atoms with Crippen LogP contribution in [-0.4, -0.2) is 65.3 Å². The van der Waals surface area contributed by atoms with Crippen molar-refractivity contribution in [3.8, 4) is 0 Å². The summed E-state index contributed by atoms with van der Waals surface area (Å²) < 4.78 is 30.5. The molecule has 10 heteroatoms. The highest BCUT2D eigenvalue weighted by atomic mass is 32.2. The van der Waals surface area contributed by atoms with Crippen LogP contribution in [0.3, 0.4) is 0 Å². The third-order valence-corrected chi connectivity index (χ3v) is 6.66. The van der Waals surface area contributed by atoms with Crippen LogP contribution in [-0.2, 0) is 16.6 Å². The van der Waals surface area contributed by atoms with E-state index in [0.717, 1.165) is 43.5 Å². The average molecular weight is 484 g/mol. The molecule has 0 amide bonds. The van der Waals surface area contributed by atoms with Crippen LogP contribution in [0.2, 0.25) is 0 Å². The number of nitrogens with two attached hydrogens (primary N) is 1. The van der Waals surface area contributed by atoms with E-state index in [2.05, 4.69) is 19.4 Å². The smallest absolute Gasteiger partial charge is 0.229 e. The molecule has 2 heterocycles. The molecule has 9 nitrogen and oxygen atoms in total. The lowest BCUT2D eigenvalue weighted by atomic mass is 9.98. The first kappa shape index (κ1) is 23.9. The number of nitrogens with zero attached hydrogens (tertiary/aromatic N) is 4. The number of nitrogens with one attached hydrogen (secondary N) is 1. The molecule has 1 saturated heterocycles. The topological polar surface area (TPSA) is 126 Å². The molecule has 1 aromatic heterocycles. The summed E-state index contributed by atoms with van der Waals surface area (Å²) >= 11 is 0. The molecule has 180 valence electrons. The molecular weight excluding hydrogens is 452 g/mol. The second kappa shape index (κ2) is 9.94. The fraction of sp³-hybridized carbons (Fsp3) is 0.375. The lowest BCUT2D eigenvalue weighted by molar-refractivity contribution is -0.539. The number of anilines is 1. The quantitative estimate of drug-likeness (QED) is 0.426. The number of aryl methyl sites for hydroxylation is 1. The molecule has 1 aliphatic heterocycles. The van der Waals surface area contributed by atoms with E-state index in [1.54, 1.807) is 23.0 Å². The van der Waals surface area contributed by atoms with Crippen molar-refractivity contribution in [2.45, 2.75) is 26.3 Å². The van der Waals surface area contributed by atoms with Crippen molar-refractivity contribution in [3.05, 3.63) is 65.5 Å². The van der Waals surface area contributed by atoms with Gasteiger partial charge in [0.2, 0.25) is 15.7 Å². The molecule has 0 radical (unpaired) electrons. The lowest BCUT2D eigenvalue weighted by Crippen LogP contribution is -2.34. The Morgan fingerprint density at radius 1 is 1.24 bits per heavy atom. The number of aliphatic hydroxyl groups excluding tert-OH is 1. The van der Waals surface area contributed by atoms with Gasteiger partial charge in [-0.2, -0.15) is 5.10 Å². The van der Waals surface area contributed by atoms with E-state index >= 15 is 0 Å². The number of allylic oxidation sites excluding steroid dienone is 3. The van der Waals surface area contributed by atoms with E-state index in [1.165, 1.54) is 5.56 Å². The number of aliphatic hydroxyl groups is 1. The number of piperidine rings is 1. The van der Waals surface area contributed by atoms with Gasteiger partial charge in [0, 0.05) is 31.6 Å². The average Bonchev–Trinajstić information content (AvgIpc) is 3.14. The van der Waals surface area contributed by atoms with Crippen molar-refractivity contribution < 1.29 is 18.1 Å². The second-order valence-electron chi connectivity index (χ2n) is 8.86. The first-order valence-electron chi connectivity index (χ1n) is 11.3. The van der Waals surface area contributed by atoms with E-state index < -0.39 is 10.0 Å². The fourth-order valence-electron chi connectivity index (χ4n) is 4.07. The lowest BCUT2D eigenvalue weighted by Gasteiger charge is -2.20. The highest BCUT2D eigenvalue weighted by Crippen LogP contribution is 2.24. The van der Waals surface area contributed by atoms with E-state index in [-0.39, 0.29) is 6.61 Å². The number of aliphatic imine (C=N–C) groups is 1. The molecule has 0 bridgehead atoms. The molecule has 2 aliphatic rings. The minimum absolute atomic E-state index is 0.200. The third-order valence-electron chi connectivity index (χ3n) is 6.07. The highest BCUT2D eigenvalue weighted by molar-refractivity contribution is 7.88. The molecule has 0 spiro atoms. The number of nitrogen functional groups attached to an aromatic ring is 1. The van der Waals surface area contributed by atoms with Crippen LogP contribution in [0.5, 0.6) is 0 Å². The molecule has 34 heavy (non-hydrogen) atoms. The van der Waals surface area contributed by atoms with Gasteiger partial charge in [-0.05, 0) is 24.5 Å². The maximum Gasteiger partial charge on any atom is 0.229 e. The molecule has 4 rings (SSSR count). The van der Waals surface area contributed by atoms with Gasteiger partial charge >= 0.3 is 0 Å². The largest absolute Gasteiger partial charge is 0.396 e. The van der Waals surface area contributed by atoms with Crippen LogP contribution in [0.15, 0.2) is 59.4 Å². The zero-order valence-electron chi connectivity index (χ0n) is 19.5. The van der Waals surface area contributed by atoms with Crippen LogP contribution < -0.4 is 10.5 Å². The Morgan fingerprint density at radius 2 is 1.94 bits per heavy atom. The Labute approximate surface area is 200 Å². The summed E-state index contributed by atoms with van der Waals surface area (Å²) in [7, 11) is -3.51. The normalized spacial score (nSPS) is 20.0. The summed E-state index contributed by atoms with van der Waals surface area (Å²) in [6, 6.07) is 8.14. The molecule has 0 saturated carbocycles. The number of hydrogen-bond donors (Lipinski definition) is 3. The predicted octanol–water partition coefficient (Wildman–Crippen LogP) is 1.75. The SMILES string of the molecule is Cc1ccc(Cn2ncc(/N=C3/C=CC(=[N+]4CCC(CO)CC4)C=C3NS(C)(=O)=O)c2N)cc1. The van der Waals surface area contributed by atoms with Crippen LogP contribution in [0.4, 0.5) is 11.5 Å². The van der Waals surface area contributed by atoms with Gasteiger partial charge in [-0.3, -0.25) is 4.72 Å². The standard InChI is InChI=1S/C24H30N6O3S/c1-17-3-5-18(6-4-17)15-30-24(25)23(14-26-30)27-21-8-7-20(13-22(21)28-34(2,32)33)29-11-9-19(16-31)10-12-29/h3-8,13-14,19,31H,9-12,15-16H2,1-2H3,(H2,25,26,28)/p+1. The summed E-state index contributed by atoms with van der Waals surface area (Å²) in [5.41, 5.74) is 10.8. The Hall–Kier alpha value is -3.24. The minimum Gasteiger partial charge on any atom is -0.396 e. The summed E-state index contributed by atoms with van der Waals surface area (Å²) in [6.45, 7) is 4.36. The molecule has 2 aromatic rings. The summed E-state index contributed by atoms with van der Waals surface area (Å²) in [5, 5.41) is 13.8. The molecule has 0 atom stereocenters. The minimum atomic E-state index is -3.51. The van der Waals surface area contributed by atoms with E-state index in [0.29, 0.717) is 35.4 Å². The summed E-state index contributed by atoms with van der Waals surface area (Å²) in [4.78, 5) is 4.63. The molecule has 4 N–H and O–H groups in total. The Morgan fingerprint density at radius 3 is 2.59 bits per heavy atom. The zero-order chi connectivity index (χ0) is 24.3. The van der Waals surface area contributed by atoms with Crippen molar-refractivity contribution >= 4 is 33.0 Å². The van der Waals surface area contributed by atoms with Gasteiger partial charge in [0.25, 0.3) is 0 Å². The van der Waals surface area contributed by atoms with Gasteiger partial charge < -0.3 is 10.8 Å². The number of benzene rings is 1. The molecule has 1 aliphatic carbocycles. The van der Waals surface area contributed by atoms with Crippen molar-refractivity contribution in [2.75, 3.05) is 31.7 Å². The molecule has 0 unspecified atom stereocenters. The molecule has 1 fully saturated rings. The number of rotatable bonds is 6. The fourth-order valence-corrected chi connectivity index (χ4v) is 4.63. The van der Waals surface area contributed by atoms with Crippen molar-refractivity contribution in [1.29, 1.82) is 0 Å². The van der Waals surface area contributed by atoms with E-state index in [9.17, 15) is 13.5 Å². The van der Waals surface area contributed by atoms with Gasteiger partial charge in [-0.25, -0.2) is 22.7 Å². The van der Waals surface area contributed by atoms with Gasteiger partial charge in [-0.1, -0.05) is 29.8 Å². The molecular formula is C24H31N6O3S+. The maximum absolute atomic E-state index is 12.0. The zero-order valence-corrected chi connectivity index (χ0v) is 20.3. The Bertz CT molecular complexity index is 1280. The van der Waals surface area contributed by atoms with Gasteiger partial charge in [0.05, 0.1) is 30.4 Å². The third kappa shape index (κ3) is 5.81. The van der Waals surface area contributed by atoms with Crippen LogP contribution in [0, 0.1) is 12.8 Å². The number of aromatic nitrogens is 2. The Kier molecular flexibility index (Phi) is 6.99. The Balaban J connectivity index is 1.61.